The van der Waals surface area contributed by atoms with Crippen molar-refractivity contribution in [3.8, 4) is 0 Å². The lowest BCUT2D eigenvalue weighted by Crippen LogP contribution is -2.16. The van der Waals surface area contributed by atoms with E-state index in [2.05, 4.69) is 6.92 Å². The van der Waals surface area contributed by atoms with Gasteiger partial charge in [-0.2, -0.15) is 0 Å². The zero-order valence-corrected chi connectivity index (χ0v) is 10.5. The lowest BCUT2D eigenvalue weighted by atomic mass is 9.96. The maximum Gasteiger partial charge on any atom is 0.126 e. The van der Waals surface area contributed by atoms with Crippen molar-refractivity contribution in [3.63, 3.8) is 0 Å². The number of benzene rings is 1. The fourth-order valence-corrected chi connectivity index (χ4v) is 1.78. The lowest BCUT2D eigenvalue weighted by molar-refractivity contribution is 0.124. The van der Waals surface area contributed by atoms with Gasteiger partial charge in [-0.05, 0) is 31.0 Å². The minimum Gasteiger partial charge on any atom is -0.381 e. The molecule has 1 rings (SSSR count). The van der Waals surface area contributed by atoms with Crippen molar-refractivity contribution in [2.75, 3.05) is 19.8 Å². The highest BCUT2D eigenvalue weighted by Crippen LogP contribution is 2.21. The molecular formula is C14H22FNO. The Kier molecular flexibility index (Phi) is 6.82. The minimum atomic E-state index is -0.170. The van der Waals surface area contributed by atoms with Crippen LogP contribution in [0.5, 0.6) is 0 Å². The SMILES string of the molecule is CCCCOCCC(CN)c1ccccc1F. The molecule has 1 aromatic carbocycles. The molecule has 0 amide bonds. The second kappa shape index (κ2) is 8.20. The van der Waals surface area contributed by atoms with Gasteiger partial charge in [0, 0.05) is 19.1 Å². The molecule has 17 heavy (non-hydrogen) atoms. The van der Waals surface area contributed by atoms with Gasteiger partial charge in [-0.1, -0.05) is 31.5 Å². The molecule has 0 heterocycles. The van der Waals surface area contributed by atoms with E-state index in [-0.39, 0.29) is 11.7 Å². The van der Waals surface area contributed by atoms with Gasteiger partial charge in [0.2, 0.25) is 0 Å². The molecule has 0 saturated heterocycles. The number of hydrogen-bond donors (Lipinski definition) is 1. The van der Waals surface area contributed by atoms with Crippen LogP contribution < -0.4 is 5.73 Å². The average Bonchev–Trinajstić information content (AvgIpc) is 2.35. The largest absolute Gasteiger partial charge is 0.381 e. The molecule has 1 atom stereocenters. The second-order valence-corrected chi connectivity index (χ2v) is 4.21. The maximum absolute atomic E-state index is 13.6. The Hall–Kier alpha value is -0.930. The first-order valence-corrected chi connectivity index (χ1v) is 6.31. The van der Waals surface area contributed by atoms with Crippen LogP contribution in [-0.2, 0) is 4.74 Å². The summed E-state index contributed by atoms with van der Waals surface area (Å²) in [4.78, 5) is 0. The molecule has 0 fully saturated rings. The highest BCUT2D eigenvalue weighted by Gasteiger charge is 2.13. The molecule has 2 N–H and O–H groups in total. The topological polar surface area (TPSA) is 35.2 Å². The molecule has 0 aliphatic heterocycles. The monoisotopic (exact) mass is 239 g/mol. The number of halogens is 1. The summed E-state index contributed by atoms with van der Waals surface area (Å²) in [6.07, 6.45) is 2.99. The third-order valence-corrected chi connectivity index (χ3v) is 2.88. The van der Waals surface area contributed by atoms with E-state index in [1.165, 1.54) is 6.07 Å². The third kappa shape index (κ3) is 4.84. The van der Waals surface area contributed by atoms with Crippen LogP contribution >= 0.6 is 0 Å². The molecule has 1 unspecified atom stereocenters. The molecule has 3 heteroatoms. The molecule has 2 nitrogen and oxygen atoms in total. The van der Waals surface area contributed by atoms with E-state index in [4.69, 9.17) is 10.5 Å². The van der Waals surface area contributed by atoms with Crippen LogP contribution in [0.15, 0.2) is 24.3 Å². The molecule has 0 aliphatic carbocycles. The average molecular weight is 239 g/mol. The summed E-state index contributed by atoms with van der Waals surface area (Å²) < 4.78 is 19.0. The molecule has 0 spiro atoms. The summed E-state index contributed by atoms with van der Waals surface area (Å²) in [7, 11) is 0. The predicted octanol–water partition coefficient (Wildman–Crippen LogP) is 3.07. The van der Waals surface area contributed by atoms with E-state index < -0.39 is 0 Å². The zero-order chi connectivity index (χ0) is 12.5. The van der Waals surface area contributed by atoms with E-state index >= 15 is 0 Å². The molecule has 0 saturated carbocycles. The summed E-state index contributed by atoms with van der Waals surface area (Å²) >= 11 is 0. The quantitative estimate of drug-likeness (QED) is 0.708. The van der Waals surface area contributed by atoms with Crippen LogP contribution in [0, 0.1) is 5.82 Å². The van der Waals surface area contributed by atoms with Crippen LogP contribution in [0.1, 0.15) is 37.7 Å². The fraction of sp³-hybridized carbons (Fsp3) is 0.571. The highest BCUT2D eigenvalue weighted by molar-refractivity contribution is 5.21. The normalized spacial score (nSPS) is 12.6. The molecule has 1 aromatic rings. The third-order valence-electron chi connectivity index (χ3n) is 2.88. The number of rotatable bonds is 8. The van der Waals surface area contributed by atoms with Crippen LogP contribution in [0.4, 0.5) is 4.39 Å². The van der Waals surface area contributed by atoms with Gasteiger partial charge in [0.05, 0.1) is 0 Å². The number of unbranched alkanes of at least 4 members (excludes halogenated alkanes) is 1. The van der Waals surface area contributed by atoms with E-state index in [9.17, 15) is 4.39 Å². The van der Waals surface area contributed by atoms with E-state index in [0.29, 0.717) is 18.7 Å². The van der Waals surface area contributed by atoms with E-state index in [1.807, 2.05) is 6.07 Å². The van der Waals surface area contributed by atoms with Gasteiger partial charge in [0.15, 0.2) is 0 Å². The predicted molar refractivity (Wildman–Crippen MR) is 68.5 cm³/mol. The second-order valence-electron chi connectivity index (χ2n) is 4.21. The summed E-state index contributed by atoms with van der Waals surface area (Å²) in [6, 6.07) is 6.83. The van der Waals surface area contributed by atoms with Gasteiger partial charge in [0.25, 0.3) is 0 Å². The van der Waals surface area contributed by atoms with Crippen LogP contribution in [0.2, 0.25) is 0 Å². The van der Waals surface area contributed by atoms with Crippen molar-refractivity contribution < 1.29 is 9.13 Å². The van der Waals surface area contributed by atoms with Crippen molar-refractivity contribution in [2.24, 2.45) is 5.73 Å². The van der Waals surface area contributed by atoms with Gasteiger partial charge in [-0.25, -0.2) is 4.39 Å². The van der Waals surface area contributed by atoms with Crippen molar-refractivity contribution in [1.29, 1.82) is 0 Å². The van der Waals surface area contributed by atoms with E-state index in [1.54, 1.807) is 12.1 Å². The smallest absolute Gasteiger partial charge is 0.126 e. The summed E-state index contributed by atoms with van der Waals surface area (Å²) in [5, 5.41) is 0. The molecule has 0 bridgehead atoms. The lowest BCUT2D eigenvalue weighted by Gasteiger charge is -2.15. The minimum absolute atomic E-state index is 0.0535. The first-order valence-electron chi connectivity index (χ1n) is 6.31. The Labute approximate surface area is 103 Å². The highest BCUT2D eigenvalue weighted by atomic mass is 19.1. The van der Waals surface area contributed by atoms with Crippen LogP contribution in [0.25, 0.3) is 0 Å². The maximum atomic E-state index is 13.6. The zero-order valence-electron chi connectivity index (χ0n) is 10.5. The number of ether oxygens (including phenoxy) is 1. The van der Waals surface area contributed by atoms with Crippen molar-refractivity contribution in [2.45, 2.75) is 32.1 Å². The van der Waals surface area contributed by atoms with Gasteiger partial charge in [-0.3, -0.25) is 0 Å². The van der Waals surface area contributed by atoms with Gasteiger partial charge in [0.1, 0.15) is 5.82 Å². The molecular weight excluding hydrogens is 217 g/mol. The Morgan fingerprint density at radius 1 is 1.29 bits per heavy atom. The van der Waals surface area contributed by atoms with Crippen LogP contribution in [-0.4, -0.2) is 19.8 Å². The molecule has 0 radical (unpaired) electrons. The van der Waals surface area contributed by atoms with Gasteiger partial charge < -0.3 is 10.5 Å². The Morgan fingerprint density at radius 2 is 2.06 bits per heavy atom. The first-order chi connectivity index (χ1) is 8.29. The summed E-state index contributed by atoms with van der Waals surface area (Å²) in [6.45, 7) is 4.02. The van der Waals surface area contributed by atoms with Crippen LogP contribution in [0.3, 0.4) is 0 Å². The molecule has 0 aliphatic rings. The van der Waals surface area contributed by atoms with Crippen molar-refractivity contribution in [1.82, 2.24) is 0 Å². The Bertz CT molecular complexity index is 317. The fourth-order valence-electron chi connectivity index (χ4n) is 1.78. The summed E-state index contributed by atoms with van der Waals surface area (Å²) in [5.74, 6) is -0.116. The Balaban J connectivity index is 2.41. The molecule has 0 aromatic heterocycles. The van der Waals surface area contributed by atoms with Crippen molar-refractivity contribution in [3.05, 3.63) is 35.6 Å². The van der Waals surface area contributed by atoms with Crippen molar-refractivity contribution >= 4 is 0 Å². The standard InChI is InChI=1S/C14H22FNO/c1-2-3-9-17-10-8-12(11-16)13-6-4-5-7-14(13)15/h4-7,12H,2-3,8-11,16H2,1H3. The summed E-state index contributed by atoms with van der Waals surface area (Å²) in [5.41, 5.74) is 6.40. The number of nitrogens with two attached hydrogens (primary N) is 1. The van der Waals surface area contributed by atoms with E-state index in [0.717, 1.165) is 25.9 Å². The van der Waals surface area contributed by atoms with Gasteiger partial charge in [-0.15, -0.1) is 0 Å². The molecule has 96 valence electrons. The Morgan fingerprint density at radius 3 is 2.71 bits per heavy atom. The van der Waals surface area contributed by atoms with Gasteiger partial charge >= 0.3 is 0 Å². The first kappa shape index (κ1) is 14.1. The number of hydrogen-bond acceptors (Lipinski definition) is 2.